The van der Waals surface area contributed by atoms with E-state index in [1.165, 1.54) is 0 Å². The van der Waals surface area contributed by atoms with Gasteiger partial charge in [-0.3, -0.25) is 28.8 Å². The van der Waals surface area contributed by atoms with Gasteiger partial charge < -0.3 is 31.6 Å². The zero-order valence-corrected chi connectivity index (χ0v) is 31.3. The fraction of sp³-hybridized carbons (Fsp3) is 0.190. The number of amides is 4. The van der Waals surface area contributed by atoms with Gasteiger partial charge in [-0.25, -0.2) is 0 Å². The number of H-pyrrole nitrogens is 1. The molecular formula is C42H38N8O6S. The Balaban J connectivity index is 1.13. The van der Waals surface area contributed by atoms with E-state index in [0.29, 0.717) is 28.1 Å². The summed E-state index contributed by atoms with van der Waals surface area (Å²) in [4.78, 5) is 85.8. The van der Waals surface area contributed by atoms with Crippen LogP contribution >= 0.6 is 11.7 Å². The second-order valence-corrected chi connectivity index (χ2v) is 14.1. The van der Waals surface area contributed by atoms with Gasteiger partial charge in [0.2, 0.25) is 17.5 Å². The molecule has 14 nitrogen and oxygen atoms in total. The highest BCUT2D eigenvalue weighted by Crippen LogP contribution is 2.30. The Morgan fingerprint density at radius 1 is 0.754 bits per heavy atom. The molecule has 6 aromatic rings. The molecule has 1 aliphatic heterocycles. The monoisotopic (exact) mass is 782 g/mol. The minimum absolute atomic E-state index is 0.0172. The lowest BCUT2D eigenvalue weighted by Crippen LogP contribution is -2.57. The van der Waals surface area contributed by atoms with Crippen LogP contribution in [0.4, 0.5) is 5.69 Å². The summed E-state index contributed by atoms with van der Waals surface area (Å²) >= 11 is 0.857. The average molecular weight is 783 g/mol. The van der Waals surface area contributed by atoms with E-state index in [1.807, 2.05) is 42.5 Å². The first-order chi connectivity index (χ1) is 27.7. The fourth-order valence-electron chi connectivity index (χ4n) is 7.13. The van der Waals surface area contributed by atoms with Crippen LogP contribution in [0, 0.1) is 0 Å². The van der Waals surface area contributed by atoms with E-state index >= 15 is 0 Å². The van der Waals surface area contributed by atoms with Crippen molar-refractivity contribution in [1.82, 2.24) is 29.7 Å². The number of benzene rings is 4. The molecule has 4 atom stereocenters. The number of aromatic amines is 1. The first kappa shape index (κ1) is 38.3. The number of nitrogens with zero attached hydrogens (tertiary/aromatic N) is 3. The molecule has 57 heavy (non-hydrogen) atoms. The number of nitrogens with two attached hydrogens (primary N) is 1. The molecule has 4 aromatic carbocycles. The molecule has 0 bridgehead atoms. The molecule has 0 radical (unpaired) electrons. The van der Waals surface area contributed by atoms with Crippen molar-refractivity contribution in [2.75, 3.05) is 4.90 Å². The zero-order chi connectivity index (χ0) is 39.9. The van der Waals surface area contributed by atoms with E-state index < -0.39 is 59.5 Å². The summed E-state index contributed by atoms with van der Waals surface area (Å²) in [5.41, 5.74) is 9.20. The van der Waals surface area contributed by atoms with Gasteiger partial charge in [0, 0.05) is 41.2 Å². The highest BCUT2D eigenvalue weighted by atomic mass is 32.1. The number of nitrogens with one attached hydrogen (secondary N) is 4. The van der Waals surface area contributed by atoms with Crippen LogP contribution in [-0.2, 0) is 36.8 Å². The second kappa shape index (κ2) is 17.2. The molecule has 0 aliphatic carbocycles. The predicted octanol–water partition coefficient (Wildman–Crippen LogP) is 3.49. The maximum atomic E-state index is 14.2. The summed E-state index contributed by atoms with van der Waals surface area (Å²) in [7, 11) is 0. The van der Waals surface area contributed by atoms with E-state index in [2.05, 4.69) is 29.7 Å². The Morgan fingerprint density at radius 3 is 2.12 bits per heavy atom. The molecule has 7 rings (SSSR count). The molecule has 1 aliphatic rings. The molecule has 4 amide bonds. The molecule has 0 saturated carbocycles. The lowest BCUT2D eigenvalue weighted by molar-refractivity contribution is -0.139. The highest BCUT2D eigenvalue weighted by molar-refractivity contribution is 6.99. The minimum atomic E-state index is -1.31. The van der Waals surface area contributed by atoms with Gasteiger partial charge in [-0.1, -0.05) is 97.1 Å². The number of aromatic nitrogens is 3. The van der Waals surface area contributed by atoms with Crippen LogP contribution < -0.4 is 26.6 Å². The van der Waals surface area contributed by atoms with E-state index in [9.17, 15) is 28.8 Å². The van der Waals surface area contributed by atoms with Crippen molar-refractivity contribution in [3.8, 4) is 11.3 Å². The van der Waals surface area contributed by atoms with Crippen molar-refractivity contribution in [3.63, 3.8) is 0 Å². The lowest BCUT2D eigenvalue weighted by atomic mass is 10.0. The topological polar surface area (TPSA) is 209 Å². The molecule has 2 aromatic heterocycles. The fourth-order valence-corrected chi connectivity index (χ4v) is 7.69. The number of anilines is 1. The molecule has 3 heterocycles. The third kappa shape index (κ3) is 8.63. The quantitative estimate of drug-likeness (QED) is 0.0965. The van der Waals surface area contributed by atoms with Gasteiger partial charge in [-0.2, -0.15) is 8.75 Å². The third-order valence-corrected chi connectivity index (χ3v) is 10.4. The number of para-hydroxylation sites is 2. The number of hydrogen-bond donors (Lipinski definition) is 5. The minimum Gasteiger partial charge on any atom is -0.363 e. The van der Waals surface area contributed by atoms with Crippen molar-refractivity contribution >= 4 is 63.5 Å². The van der Waals surface area contributed by atoms with Crippen LogP contribution in [0.15, 0.2) is 121 Å². The largest absolute Gasteiger partial charge is 0.363 e. The van der Waals surface area contributed by atoms with Crippen molar-refractivity contribution < 1.29 is 28.8 Å². The summed E-state index contributed by atoms with van der Waals surface area (Å²) in [5.74, 6) is -5.24. The van der Waals surface area contributed by atoms with Crippen LogP contribution in [0.5, 0.6) is 0 Å². The standard InChI is InChI=1S/C42H38N8O6S/c43-39(53)37(51)31(22-25-12-4-1-5-13-25)45-40(54)33-20-21-34(50(33)28-16-8-3-9-17-28)47-42(56)38(52)32(23-27-24-44-30-19-11-10-18-29(27)30)46-41(55)36-35(48-57-49-36)26-14-6-2-7-15-26/h1-19,24,31-34,44H,20-23H2,(H2,43,53)(H,45,54)(H,46,55)(H,47,56). The first-order valence-corrected chi connectivity index (χ1v) is 19.0. The number of primary amides is 1. The van der Waals surface area contributed by atoms with Crippen LogP contribution in [0.25, 0.3) is 22.2 Å². The summed E-state index contributed by atoms with van der Waals surface area (Å²) in [6.07, 6.45) is 1.40. The number of hydrogen-bond acceptors (Lipinski definition) is 10. The SMILES string of the molecule is NC(=O)C(=O)C(Cc1ccccc1)NC(=O)C1CCC(NC(=O)C(=O)C(Cc2c[nH]c3ccccc23)NC(=O)c2nsnc2-c2ccccc2)N1c1ccccc1. The molecule has 1 saturated heterocycles. The molecule has 15 heteroatoms. The van der Waals surface area contributed by atoms with E-state index in [-0.39, 0.29) is 31.4 Å². The van der Waals surface area contributed by atoms with Crippen LogP contribution in [0.3, 0.4) is 0 Å². The summed E-state index contributed by atoms with van der Waals surface area (Å²) < 4.78 is 8.54. The molecule has 4 unspecified atom stereocenters. The molecule has 1 fully saturated rings. The Morgan fingerprint density at radius 2 is 1.40 bits per heavy atom. The van der Waals surface area contributed by atoms with E-state index in [1.54, 1.807) is 83.9 Å². The number of carbonyl (C=O) groups is 6. The van der Waals surface area contributed by atoms with Gasteiger partial charge in [0.25, 0.3) is 17.7 Å². The zero-order valence-electron chi connectivity index (χ0n) is 30.5. The average Bonchev–Trinajstić information content (AvgIpc) is 4.00. The Kier molecular flexibility index (Phi) is 11.6. The first-order valence-electron chi connectivity index (χ1n) is 18.3. The van der Waals surface area contributed by atoms with Crippen LogP contribution in [0.2, 0.25) is 0 Å². The Bertz CT molecular complexity index is 2420. The second-order valence-electron chi connectivity index (χ2n) is 13.6. The number of ketones is 2. The van der Waals surface area contributed by atoms with Crippen molar-refractivity contribution in [1.29, 1.82) is 0 Å². The normalized spacial score (nSPS) is 16.0. The summed E-state index contributed by atoms with van der Waals surface area (Å²) in [5, 5.41) is 9.13. The van der Waals surface area contributed by atoms with Crippen molar-refractivity contribution in [3.05, 3.63) is 138 Å². The maximum absolute atomic E-state index is 14.2. The van der Waals surface area contributed by atoms with Gasteiger partial charge >= 0.3 is 0 Å². The smallest absolute Gasteiger partial charge is 0.291 e. The van der Waals surface area contributed by atoms with Gasteiger partial charge in [-0.15, -0.1) is 0 Å². The third-order valence-electron chi connectivity index (χ3n) is 9.89. The summed E-state index contributed by atoms with van der Waals surface area (Å²) in [6, 6.07) is 30.8. The lowest BCUT2D eigenvalue weighted by Gasteiger charge is -2.33. The maximum Gasteiger partial charge on any atom is 0.291 e. The molecule has 288 valence electrons. The number of rotatable bonds is 15. The molecule has 0 spiro atoms. The Labute approximate surface area is 331 Å². The number of Topliss-reactive ketones (excluding diaryl/α,β-unsaturated/α-hetero) is 2. The van der Waals surface area contributed by atoms with Gasteiger partial charge in [0.05, 0.1) is 11.7 Å². The summed E-state index contributed by atoms with van der Waals surface area (Å²) in [6.45, 7) is 0. The van der Waals surface area contributed by atoms with Gasteiger partial charge in [-0.05, 0) is 42.2 Å². The van der Waals surface area contributed by atoms with Crippen LogP contribution in [0.1, 0.15) is 34.5 Å². The number of fused-ring (bicyclic) bond motifs is 1. The van der Waals surface area contributed by atoms with Gasteiger partial charge in [0.1, 0.15) is 30.0 Å². The molecule has 6 N–H and O–H groups in total. The molecular weight excluding hydrogens is 745 g/mol. The van der Waals surface area contributed by atoms with E-state index in [0.717, 1.165) is 22.6 Å². The van der Waals surface area contributed by atoms with Crippen molar-refractivity contribution in [2.45, 2.75) is 50.0 Å². The van der Waals surface area contributed by atoms with E-state index in [4.69, 9.17) is 5.73 Å². The predicted molar refractivity (Wildman–Crippen MR) is 214 cm³/mol. The van der Waals surface area contributed by atoms with Crippen molar-refractivity contribution in [2.24, 2.45) is 5.73 Å². The van der Waals surface area contributed by atoms with Gasteiger partial charge in [0.15, 0.2) is 5.69 Å². The highest BCUT2D eigenvalue weighted by Gasteiger charge is 2.42. The van der Waals surface area contributed by atoms with Crippen LogP contribution in [-0.4, -0.2) is 73.2 Å². The number of carbonyl (C=O) groups excluding carboxylic acids is 6. The Hall–Kier alpha value is -7.00.